The zero-order valence-corrected chi connectivity index (χ0v) is 11.1. The number of aromatic nitrogens is 3. The molecule has 0 radical (unpaired) electrons. The van der Waals surface area contributed by atoms with Crippen LogP contribution in [0, 0.1) is 18.6 Å². The van der Waals surface area contributed by atoms with Crippen LogP contribution >= 0.6 is 12.2 Å². The minimum Gasteiger partial charge on any atom is -0.329 e. The van der Waals surface area contributed by atoms with Crippen LogP contribution in [0.1, 0.15) is 11.1 Å². The lowest BCUT2D eigenvalue weighted by molar-refractivity contribution is 1.03. The van der Waals surface area contributed by atoms with E-state index in [2.05, 4.69) is 42.0 Å². The van der Waals surface area contributed by atoms with E-state index in [9.17, 15) is 0 Å². The SMILES string of the molecule is Cc1ccc(C)c(-n2c(=S)[nH]c3cccnc32)c1. The molecule has 1 aromatic carbocycles. The zero-order valence-electron chi connectivity index (χ0n) is 10.3. The first-order valence-corrected chi connectivity index (χ1v) is 6.21. The number of hydrogen-bond acceptors (Lipinski definition) is 2. The van der Waals surface area contributed by atoms with Gasteiger partial charge in [-0.05, 0) is 55.4 Å². The molecule has 3 nitrogen and oxygen atoms in total. The van der Waals surface area contributed by atoms with Gasteiger partial charge in [-0.3, -0.25) is 4.57 Å². The number of imidazole rings is 1. The standard InChI is InChI=1S/C14H13N3S/c1-9-5-6-10(2)12(8-9)17-13-11(16-14(17)18)4-3-7-15-13/h3-8H,1-2H3,(H,16,18). The van der Waals surface area contributed by atoms with E-state index in [0.29, 0.717) is 4.77 Å². The predicted octanol–water partition coefficient (Wildman–Crippen LogP) is 3.70. The topological polar surface area (TPSA) is 33.6 Å². The van der Waals surface area contributed by atoms with Crippen LogP contribution in [0.2, 0.25) is 0 Å². The van der Waals surface area contributed by atoms with Gasteiger partial charge in [0.15, 0.2) is 10.4 Å². The van der Waals surface area contributed by atoms with Crippen molar-refractivity contribution in [3.05, 3.63) is 52.4 Å². The fourth-order valence-electron chi connectivity index (χ4n) is 2.12. The van der Waals surface area contributed by atoms with Crippen molar-refractivity contribution in [1.29, 1.82) is 0 Å². The fraction of sp³-hybridized carbons (Fsp3) is 0.143. The number of fused-ring (bicyclic) bond motifs is 1. The summed E-state index contributed by atoms with van der Waals surface area (Å²) in [4.78, 5) is 7.60. The highest BCUT2D eigenvalue weighted by Gasteiger charge is 2.09. The average Bonchev–Trinajstić information content (AvgIpc) is 2.68. The zero-order chi connectivity index (χ0) is 12.7. The Morgan fingerprint density at radius 2 is 2.06 bits per heavy atom. The molecule has 18 heavy (non-hydrogen) atoms. The fourth-order valence-corrected chi connectivity index (χ4v) is 2.42. The molecular formula is C14H13N3S. The van der Waals surface area contributed by atoms with Crippen LogP contribution in [-0.2, 0) is 0 Å². The molecule has 0 unspecified atom stereocenters. The maximum atomic E-state index is 5.41. The lowest BCUT2D eigenvalue weighted by Crippen LogP contribution is -1.98. The van der Waals surface area contributed by atoms with E-state index in [4.69, 9.17) is 12.2 Å². The maximum Gasteiger partial charge on any atom is 0.184 e. The Kier molecular flexibility index (Phi) is 2.52. The first-order valence-electron chi connectivity index (χ1n) is 5.80. The highest BCUT2D eigenvalue weighted by Crippen LogP contribution is 2.21. The van der Waals surface area contributed by atoms with Gasteiger partial charge in [0, 0.05) is 6.20 Å². The third kappa shape index (κ3) is 1.66. The molecule has 0 aliphatic rings. The number of nitrogens with zero attached hydrogens (tertiary/aromatic N) is 2. The number of aromatic amines is 1. The molecule has 4 heteroatoms. The molecule has 0 spiro atoms. The van der Waals surface area contributed by atoms with Gasteiger partial charge in [0.05, 0.1) is 11.2 Å². The highest BCUT2D eigenvalue weighted by molar-refractivity contribution is 7.71. The Morgan fingerprint density at radius 1 is 1.22 bits per heavy atom. The summed E-state index contributed by atoms with van der Waals surface area (Å²) in [5, 5.41) is 0. The van der Waals surface area contributed by atoms with Gasteiger partial charge in [0.1, 0.15) is 0 Å². The van der Waals surface area contributed by atoms with Gasteiger partial charge < -0.3 is 4.98 Å². The van der Waals surface area contributed by atoms with Crippen LogP contribution in [0.5, 0.6) is 0 Å². The Labute approximate surface area is 110 Å². The summed E-state index contributed by atoms with van der Waals surface area (Å²) in [6.07, 6.45) is 1.78. The van der Waals surface area contributed by atoms with E-state index in [1.165, 1.54) is 11.1 Å². The van der Waals surface area contributed by atoms with Crippen molar-refractivity contribution >= 4 is 23.4 Å². The molecular weight excluding hydrogens is 242 g/mol. The minimum atomic E-state index is 0.678. The molecule has 0 saturated heterocycles. The van der Waals surface area contributed by atoms with Crippen LogP contribution in [0.3, 0.4) is 0 Å². The maximum absolute atomic E-state index is 5.41. The number of aryl methyl sites for hydroxylation is 2. The van der Waals surface area contributed by atoms with E-state index < -0.39 is 0 Å². The second-order valence-electron chi connectivity index (χ2n) is 4.43. The number of rotatable bonds is 1. The van der Waals surface area contributed by atoms with Crippen molar-refractivity contribution < 1.29 is 0 Å². The molecule has 3 rings (SSSR count). The van der Waals surface area contributed by atoms with Crippen LogP contribution in [0.4, 0.5) is 0 Å². The molecule has 0 aliphatic heterocycles. The normalized spacial score (nSPS) is 11.0. The van der Waals surface area contributed by atoms with Crippen molar-refractivity contribution in [1.82, 2.24) is 14.5 Å². The molecule has 2 aromatic heterocycles. The van der Waals surface area contributed by atoms with Crippen molar-refractivity contribution in [2.24, 2.45) is 0 Å². The number of pyridine rings is 1. The number of benzene rings is 1. The summed E-state index contributed by atoms with van der Waals surface area (Å²) in [6, 6.07) is 10.2. The molecule has 2 heterocycles. The highest BCUT2D eigenvalue weighted by atomic mass is 32.1. The molecule has 90 valence electrons. The van der Waals surface area contributed by atoms with Crippen molar-refractivity contribution in [3.8, 4) is 5.69 Å². The molecule has 3 aromatic rings. The lowest BCUT2D eigenvalue weighted by Gasteiger charge is -2.08. The summed E-state index contributed by atoms with van der Waals surface area (Å²) in [5.74, 6) is 0. The van der Waals surface area contributed by atoms with E-state index in [0.717, 1.165) is 16.9 Å². The summed E-state index contributed by atoms with van der Waals surface area (Å²) >= 11 is 5.41. The Hall–Kier alpha value is -1.94. The van der Waals surface area contributed by atoms with Gasteiger partial charge in [-0.25, -0.2) is 4.98 Å². The van der Waals surface area contributed by atoms with Crippen molar-refractivity contribution in [2.45, 2.75) is 13.8 Å². The van der Waals surface area contributed by atoms with E-state index in [1.54, 1.807) is 6.20 Å². The van der Waals surface area contributed by atoms with E-state index >= 15 is 0 Å². The summed E-state index contributed by atoms with van der Waals surface area (Å²) in [6.45, 7) is 4.16. The second kappa shape index (κ2) is 4.07. The molecule has 1 N–H and O–H groups in total. The Balaban J connectivity index is 2.41. The van der Waals surface area contributed by atoms with Gasteiger partial charge in [-0.1, -0.05) is 12.1 Å². The smallest absolute Gasteiger partial charge is 0.184 e. The summed E-state index contributed by atoms with van der Waals surface area (Å²) in [5.41, 5.74) is 5.32. The van der Waals surface area contributed by atoms with Crippen LogP contribution < -0.4 is 0 Å². The quantitative estimate of drug-likeness (QED) is 0.673. The molecule has 0 atom stereocenters. The van der Waals surface area contributed by atoms with Gasteiger partial charge >= 0.3 is 0 Å². The summed E-state index contributed by atoms with van der Waals surface area (Å²) in [7, 11) is 0. The van der Waals surface area contributed by atoms with Crippen molar-refractivity contribution in [2.75, 3.05) is 0 Å². The number of H-pyrrole nitrogens is 1. The van der Waals surface area contributed by atoms with Crippen LogP contribution in [0.25, 0.3) is 16.9 Å². The number of hydrogen-bond donors (Lipinski definition) is 1. The first kappa shape index (κ1) is 11.2. The minimum absolute atomic E-state index is 0.678. The third-order valence-corrected chi connectivity index (χ3v) is 3.33. The largest absolute Gasteiger partial charge is 0.329 e. The van der Waals surface area contributed by atoms with Gasteiger partial charge in [0.25, 0.3) is 0 Å². The Morgan fingerprint density at radius 3 is 2.89 bits per heavy atom. The number of nitrogens with one attached hydrogen (secondary N) is 1. The van der Waals surface area contributed by atoms with E-state index in [-0.39, 0.29) is 0 Å². The predicted molar refractivity (Wildman–Crippen MR) is 75.7 cm³/mol. The third-order valence-electron chi connectivity index (χ3n) is 3.05. The van der Waals surface area contributed by atoms with E-state index in [1.807, 2.05) is 16.7 Å². The van der Waals surface area contributed by atoms with Crippen LogP contribution in [-0.4, -0.2) is 14.5 Å². The first-order chi connectivity index (χ1) is 8.66. The van der Waals surface area contributed by atoms with Gasteiger partial charge in [0.2, 0.25) is 0 Å². The van der Waals surface area contributed by atoms with Gasteiger partial charge in [-0.15, -0.1) is 0 Å². The molecule has 0 bridgehead atoms. The molecule has 0 saturated carbocycles. The van der Waals surface area contributed by atoms with Gasteiger partial charge in [-0.2, -0.15) is 0 Å². The molecule has 0 amide bonds. The molecule has 0 fully saturated rings. The Bertz CT molecular complexity index is 783. The summed E-state index contributed by atoms with van der Waals surface area (Å²) < 4.78 is 2.67. The lowest BCUT2D eigenvalue weighted by atomic mass is 10.1. The van der Waals surface area contributed by atoms with Crippen molar-refractivity contribution in [3.63, 3.8) is 0 Å². The second-order valence-corrected chi connectivity index (χ2v) is 4.82. The van der Waals surface area contributed by atoms with Crippen LogP contribution in [0.15, 0.2) is 36.5 Å². The molecule has 0 aliphatic carbocycles. The average molecular weight is 255 g/mol. The monoisotopic (exact) mass is 255 g/mol.